The Kier molecular flexibility index (Phi) is 5.23. The highest BCUT2D eigenvalue weighted by Crippen LogP contribution is 2.27. The second kappa shape index (κ2) is 7.79. The quantitative estimate of drug-likeness (QED) is 0.626. The molecule has 27 heavy (non-hydrogen) atoms. The molecule has 1 aromatic heterocycles. The molecule has 11 heteroatoms. The SMILES string of the molecule is NC(=O)c1nc(CN2C[C@H]3OC(=O)N(CCCN4CCOCC4)[C@H]3C2)no1. The van der Waals surface area contributed by atoms with E-state index in [1.54, 1.807) is 0 Å². The maximum atomic E-state index is 12.2. The van der Waals surface area contributed by atoms with Crippen LogP contribution in [0.25, 0.3) is 0 Å². The summed E-state index contributed by atoms with van der Waals surface area (Å²) in [5.74, 6) is -0.540. The number of ether oxygens (including phenoxy) is 2. The number of hydrogen-bond acceptors (Lipinski definition) is 9. The van der Waals surface area contributed by atoms with Crippen molar-refractivity contribution in [3.8, 4) is 0 Å². The molecule has 2 amide bonds. The molecule has 0 radical (unpaired) electrons. The lowest BCUT2D eigenvalue weighted by Gasteiger charge is -2.28. The van der Waals surface area contributed by atoms with Crippen molar-refractivity contribution in [2.75, 3.05) is 52.5 Å². The van der Waals surface area contributed by atoms with E-state index < -0.39 is 5.91 Å². The Hall–Kier alpha value is -2.24. The van der Waals surface area contributed by atoms with Crippen molar-refractivity contribution in [3.05, 3.63) is 11.7 Å². The van der Waals surface area contributed by atoms with Gasteiger partial charge in [0, 0.05) is 39.3 Å². The van der Waals surface area contributed by atoms with Crippen LogP contribution in [0, 0.1) is 0 Å². The van der Waals surface area contributed by atoms with Crippen LogP contribution in [-0.4, -0.2) is 101 Å². The molecule has 4 heterocycles. The number of likely N-dealkylation sites (tertiary alicyclic amines) is 1. The van der Waals surface area contributed by atoms with Gasteiger partial charge in [-0.3, -0.25) is 14.6 Å². The number of carbonyl (C=O) groups excluding carboxylic acids is 2. The minimum absolute atomic E-state index is 0.0321. The topological polar surface area (TPSA) is 127 Å². The maximum absolute atomic E-state index is 12.2. The monoisotopic (exact) mass is 380 g/mol. The van der Waals surface area contributed by atoms with E-state index >= 15 is 0 Å². The van der Waals surface area contributed by atoms with E-state index in [4.69, 9.17) is 19.7 Å². The molecule has 3 saturated heterocycles. The lowest BCUT2D eigenvalue weighted by atomic mass is 10.2. The van der Waals surface area contributed by atoms with Gasteiger partial charge in [-0.1, -0.05) is 5.16 Å². The normalized spacial score (nSPS) is 26.4. The smallest absolute Gasteiger partial charge is 0.410 e. The number of aromatic nitrogens is 2. The van der Waals surface area contributed by atoms with E-state index in [-0.39, 0.29) is 24.1 Å². The zero-order valence-electron chi connectivity index (χ0n) is 15.1. The first-order valence-corrected chi connectivity index (χ1v) is 9.22. The number of morpholine rings is 1. The van der Waals surface area contributed by atoms with Crippen molar-refractivity contribution in [2.45, 2.75) is 25.1 Å². The second-order valence-corrected chi connectivity index (χ2v) is 7.06. The summed E-state index contributed by atoms with van der Waals surface area (Å²) in [6.07, 6.45) is 0.524. The highest BCUT2D eigenvalue weighted by atomic mass is 16.6. The van der Waals surface area contributed by atoms with Crippen molar-refractivity contribution in [2.24, 2.45) is 5.73 Å². The summed E-state index contributed by atoms with van der Waals surface area (Å²) in [6.45, 7) is 6.78. The summed E-state index contributed by atoms with van der Waals surface area (Å²) in [6, 6.07) is 0.0321. The van der Waals surface area contributed by atoms with Gasteiger partial charge in [0.1, 0.15) is 6.10 Å². The van der Waals surface area contributed by atoms with Gasteiger partial charge in [0.05, 0.1) is 25.8 Å². The van der Waals surface area contributed by atoms with E-state index in [1.165, 1.54) is 0 Å². The average molecular weight is 380 g/mol. The van der Waals surface area contributed by atoms with Crippen molar-refractivity contribution in [1.82, 2.24) is 24.8 Å². The zero-order valence-corrected chi connectivity index (χ0v) is 15.1. The molecule has 1 aromatic rings. The van der Waals surface area contributed by atoms with Crippen LogP contribution >= 0.6 is 0 Å². The summed E-state index contributed by atoms with van der Waals surface area (Å²) in [5.41, 5.74) is 5.12. The Bertz CT molecular complexity index is 691. The van der Waals surface area contributed by atoms with Gasteiger partial charge in [0.25, 0.3) is 0 Å². The summed E-state index contributed by atoms with van der Waals surface area (Å²) in [5, 5.41) is 3.76. The summed E-state index contributed by atoms with van der Waals surface area (Å²) in [4.78, 5) is 33.5. The van der Waals surface area contributed by atoms with E-state index in [2.05, 4.69) is 19.9 Å². The van der Waals surface area contributed by atoms with Crippen molar-refractivity contribution in [3.63, 3.8) is 0 Å². The summed E-state index contributed by atoms with van der Waals surface area (Å²) in [7, 11) is 0. The van der Waals surface area contributed by atoms with Crippen LogP contribution in [0.15, 0.2) is 4.52 Å². The molecule has 0 saturated carbocycles. The van der Waals surface area contributed by atoms with Gasteiger partial charge in [-0.2, -0.15) is 4.98 Å². The lowest BCUT2D eigenvalue weighted by Crippen LogP contribution is -2.41. The fourth-order valence-corrected chi connectivity index (χ4v) is 3.87. The third-order valence-corrected chi connectivity index (χ3v) is 5.22. The van der Waals surface area contributed by atoms with E-state index in [0.29, 0.717) is 32.0 Å². The van der Waals surface area contributed by atoms with Gasteiger partial charge in [0.15, 0.2) is 5.82 Å². The highest BCUT2D eigenvalue weighted by molar-refractivity contribution is 5.87. The molecule has 3 aliphatic heterocycles. The Morgan fingerprint density at radius 1 is 1.19 bits per heavy atom. The van der Waals surface area contributed by atoms with Gasteiger partial charge in [-0.25, -0.2) is 4.79 Å². The number of fused-ring (bicyclic) bond motifs is 1. The van der Waals surface area contributed by atoms with Gasteiger partial charge in [-0.05, 0) is 6.42 Å². The largest absolute Gasteiger partial charge is 0.442 e. The van der Waals surface area contributed by atoms with Crippen LogP contribution in [-0.2, 0) is 16.0 Å². The number of primary amides is 1. The average Bonchev–Trinajstić information content (AvgIpc) is 3.33. The molecule has 0 unspecified atom stereocenters. The molecule has 2 N–H and O–H groups in total. The fraction of sp³-hybridized carbons (Fsp3) is 0.750. The van der Waals surface area contributed by atoms with E-state index in [9.17, 15) is 9.59 Å². The molecule has 0 aliphatic carbocycles. The zero-order chi connectivity index (χ0) is 18.8. The summed E-state index contributed by atoms with van der Waals surface area (Å²) >= 11 is 0. The number of hydrogen-bond donors (Lipinski definition) is 1. The predicted molar refractivity (Wildman–Crippen MR) is 90.7 cm³/mol. The maximum Gasteiger partial charge on any atom is 0.410 e. The fourth-order valence-electron chi connectivity index (χ4n) is 3.87. The van der Waals surface area contributed by atoms with Crippen LogP contribution in [0.4, 0.5) is 4.79 Å². The van der Waals surface area contributed by atoms with Crippen LogP contribution in [0.1, 0.15) is 22.9 Å². The van der Waals surface area contributed by atoms with Crippen molar-refractivity contribution >= 4 is 12.0 Å². The van der Waals surface area contributed by atoms with Crippen molar-refractivity contribution < 1.29 is 23.6 Å². The van der Waals surface area contributed by atoms with Crippen LogP contribution in [0.2, 0.25) is 0 Å². The van der Waals surface area contributed by atoms with Gasteiger partial charge in [0.2, 0.25) is 0 Å². The summed E-state index contributed by atoms with van der Waals surface area (Å²) < 4.78 is 15.7. The van der Waals surface area contributed by atoms with Gasteiger partial charge < -0.3 is 24.6 Å². The number of nitrogens with two attached hydrogens (primary N) is 1. The first-order valence-electron chi connectivity index (χ1n) is 9.22. The molecule has 11 nitrogen and oxygen atoms in total. The highest BCUT2D eigenvalue weighted by Gasteiger charge is 2.47. The Morgan fingerprint density at radius 3 is 2.74 bits per heavy atom. The molecule has 3 aliphatic rings. The molecule has 3 fully saturated rings. The third kappa shape index (κ3) is 4.04. The molecule has 2 atom stereocenters. The number of rotatable bonds is 7. The molecule has 148 valence electrons. The lowest BCUT2D eigenvalue weighted by molar-refractivity contribution is 0.0362. The standard InChI is InChI=1S/C16H24N6O5/c17-14(23)15-18-13(19-27-15)10-21-8-11-12(9-21)26-16(24)22(11)3-1-2-20-4-6-25-7-5-20/h11-12H,1-10H2,(H2,17,23)/t11-,12+/m0/s1. The third-order valence-electron chi connectivity index (χ3n) is 5.22. The van der Waals surface area contributed by atoms with Crippen LogP contribution in [0.3, 0.4) is 0 Å². The van der Waals surface area contributed by atoms with E-state index in [1.807, 2.05) is 4.90 Å². The first kappa shape index (κ1) is 18.1. The molecular weight excluding hydrogens is 356 g/mol. The number of carbonyl (C=O) groups is 2. The van der Waals surface area contributed by atoms with Gasteiger partial charge >= 0.3 is 17.9 Å². The van der Waals surface area contributed by atoms with Crippen LogP contribution in [0.5, 0.6) is 0 Å². The molecular formula is C16H24N6O5. The molecule has 0 aromatic carbocycles. The Labute approximate surface area is 156 Å². The van der Waals surface area contributed by atoms with E-state index in [0.717, 1.165) is 39.3 Å². The Balaban J connectivity index is 1.27. The number of nitrogens with zero attached hydrogens (tertiary/aromatic N) is 5. The van der Waals surface area contributed by atoms with Crippen molar-refractivity contribution in [1.29, 1.82) is 0 Å². The number of amides is 2. The molecule has 0 spiro atoms. The molecule has 4 rings (SSSR count). The second-order valence-electron chi connectivity index (χ2n) is 7.06. The minimum atomic E-state index is -0.743. The van der Waals surface area contributed by atoms with Crippen LogP contribution < -0.4 is 5.73 Å². The molecule has 0 bridgehead atoms. The predicted octanol–water partition coefficient (Wildman–Crippen LogP) is -1.10. The Morgan fingerprint density at radius 2 is 2.00 bits per heavy atom. The first-order chi connectivity index (χ1) is 13.1. The minimum Gasteiger partial charge on any atom is -0.442 e. The van der Waals surface area contributed by atoms with Gasteiger partial charge in [-0.15, -0.1) is 0 Å².